The zero-order valence-electron chi connectivity index (χ0n) is 20.0. The summed E-state index contributed by atoms with van der Waals surface area (Å²) in [6.45, 7) is 6.01. The lowest BCUT2D eigenvalue weighted by atomic mass is 10.1. The fourth-order valence-corrected chi connectivity index (χ4v) is 4.01. The summed E-state index contributed by atoms with van der Waals surface area (Å²) in [5.41, 5.74) is 2.42. The summed E-state index contributed by atoms with van der Waals surface area (Å²) in [6, 6.07) is 14.1. The number of hydrogen-bond acceptors (Lipinski definition) is 8. The van der Waals surface area contributed by atoms with Crippen molar-refractivity contribution < 1.29 is 23.5 Å². The van der Waals surface area contributed by atoms with E-state index >= 15 is 0 Å². The number of aryl methyl sites for hydroxylation is 2. The van der Waals surface area contributed by atoms with Crippen LogP contribution in [0.15, 0.2) is 57.8 Å². The molecule has 1 N–H and O–H groups in total. The van der Waals surface area contributed by atoms with E-state index in [1.165, 1.54) is 4.57 Å². The summed E-state index contributed by atoms with van der Waals surface area (Å²) in [5, 5.41) is 6.85. The Balaban J connectivity index is 1.39. The number of fused-ring (bicyclic) bond motifs is 1. The van der Waals surface area contributed by atoms with Gasteiger partial charge in [-0.2, -0.15) is 4.98 Å². The maximum Gasteiger partial charge on any atom is 0.264 e. The zero-order chi connectivity index (χ0) is 25.2. The number of benzene rings is 2. The normalized spacial score (nSPS) is 12.0. The minimum atomic E-state index is -0.393. The number of carbonyl (C=O) groups excluding carboxylic acids is 1. The quantitative estimate of drug-likeness (QED) is 0.416. The highest BCUT2D eigenvalue weighted by Gasteiger charge is 2.21. The maximum absolute atomic E-state index is 13.4. The molecule has 36 heavy (non-hydrogen) atoms. The van der Waals surface area contributed by atoms with E-state index in [-0.39, 0.29) is 30.7 Å². The number of hydrogen-bond donors (Lipinski definition) is 1. The van der Waals surface area contributed by atoms with Crippen LogP contribution in [0.5, 0.6) is 17.2 Å². The highest BCUT2D eigenvalue weighted by Crippen LogP contribution is 2.35. The van der Waals surface area contributed by atoms with Crippen molar-refractivity contribution in [3.8, 4) is 40.1 Å². The van der Waals surface area contributed by atoms with Crippen molar-refractivity contribution >= 4 is 11.6 Å². The topological polar surface area (TPSA) is 118 Å². The molecule has 3 heterocycles. The molecule has 10 nitrogen and oxygen atoms in total. The van der Waals surface area contributed by atoms with Gasteiger partial charge in [-0.1, -0.05) is 5.16 Å². The second kappa shape index (κ2) is 9.57. The molecular formula is C26H24N4O6. The molecule has 10 heteroatoms. The Labute approximate surface area is 206 Å². The van der Waals surface area contributed by atoms with Crippen molar-refractivity contribution in [2.75, 3.05) is 18.7 Å². The van der Waals surface area contributed by atoms with E-state index in [1.807, 2.05) is 13.0 Å². The van der Waals surface area contributed by atoms with Crippen LogP contribution >= 0.6 is 0 Å². The van der Waals surface area contributed by atoms with Crippen LogP contribution in [-0.4, -0.2) is 34.0 Å². The number of ether oxygens (including phenoxy) is 3. The lowest BCUT2D eigenvalue weighted by Crippen LogP contribution is -2.30. The first-order valence-corrected chi connectivity index (χ1v) is 11.4. The number of anilines is 1. The number of pyridine rings is 1. The molecular weight excluding hydrogens is 464 g/mol. The van der Waals surface area contributed by atoms with Gasteiger partial charge in [0.05, 0.1) is 6.61 Å². The monoisotopic (exact) mass is 488 g/mol. The molecule has 0 bridgehead atoms. The van der Waals surface area contributed by atoms with E-state index in [9.17, 15) is 9.59 Å². The molecule has 2 aromatic carbocycles. The van der Waals surface area contributed by atoms with E-state index in [1.54, 1.807) is 56.3 Å². The summed E-state index contributed by atoms with van der Waals surface area (Å²) in [4.78, 5) is 30.6. The minimum Gasteiger partial charge on any atom is -0.494 e. The number of aromatic nitrogens is 3. The summed E-state index contributed by atoms with van der Waals surface area (Å²) < 4.78 is 23.0. The van der Waals surface area contributed by atoms with E-state index in [4.69, 9.17) is 18.7 Å². The standard InChI is InChI=1S/C26H24N4O6/c1-4-33-19-8-6-18(7-9-19)27-22(31)13-30-16(3)11-15(2)23(26(30)32)25-28-24(29-36-25)17-5-10-20-21(12-17)35-14-34-20/h5-12H,4,13-14H2,1-3H3,(H,27,31). The van der Waals surface area contributed by atoms with Crippen LogP contribution in [0.2, 0.25) is 0 Å². The zero-order valence-corrected chi connectivity index (χ0v) is 20.0. The molecule has 0 radical (unpaired) electrons. The molecule has 1 amide bonds. The van der Waals surface area contributed by atoms with Crippen LogP contribution in [0.1, 0.15) is 18.2 Å². The molecule has 0 atom stereocenters. The number of rotatable bonds is 7. The van der Waals surface area contributed by atoms with Gasteiger partial charge in [0, 0.05) is 16.9 Å². The molecule has 0 spiro atoms. The number of carbonyl (C=O) groups is 1. The van der Waals surface area contributed by atoms with E-state index in [0.29, 0.717) is 52.2 Å². The fraction of sp³-hybridized carbons (Fsp3) is 0.231. The second-order valence-electron chi connectivity index (χ2n) is 8.23. The Kier molecular flexibility index (Phi) is 6.16. The van der Waals surface area contributed by atoms with Crippen LogP contribution in [0.3, 0.4) is 0 Å². The van der Waals surface area contributed by atoms with E-state index < -0.39 is 5.56 Å². The molecule has 1 aliphatic rings. The Morgan fingerprint density at radius 1 is 1.08 bits per heavy atom. The van der Waals surface area contributed by atoms with Crippen LogP contribution in [0.4, 0.5) is 5.69 Å². The van der Waals surface area contributed by atoms with Gasteiger partial charge in [0.1, 0.15) is 17.9 Å². The number of amides is 1. The van der Waals surface area contributed by atoms with Crippen LogP contribution in [0, 0.1) is 13.8 Å². The first-order valence-electron chi connectivity index (χ1n) is 11.4. The maximum atomic E-state index is 13.4. The summed E-state index contributed by atoms with van der Waals surface area (Å²) >= 11 is 0. The van der Waals surface area contributed by atoms with Crippen LogP contribution in [0.25, 0.3) is 22.8 Å². The summed E-state index contributed by atoms with van der Waals surface area (Å²) in [7, 11) is 0. The van der Waals surface area contributed by atoms with Crippen LogP contribution < -0.4 is 25.1 Å². The van der Waals surface area contributed by atoms with Crippen molar-refractivity contribution in [2.45, 2.75) is 27.3 Å². The van der Waals surface area contributed by atoms with E-state index in [2.05, 4.69) is 15.5 Å². The Bertz CT molecular complexity index is 1490. The Morgan fingerprint density at radius 2 is 1.86 bits per heavy atom. The van der Waals surface area contributed by atoms with Crippen LogP contribution in [-0.2, 0) is 11.3 Å². The molecule has 184 valence electrons. The molecule has 5 rings (SSSR count). The SMILES string of the molecule is CCOc1ccc(NC(=O)Cn2c(C)cc(C)c(-c3nc(-c4ccc5c(c4)OCO5)no3)c2=O)cc1. The van der Waals surface area contributed by atoms with Gasteiger partial charge in [-0.25, -0.2) is 0 Å². The molecule has 4 aromatic rings. The number of nitrogens with zero attached hydrogens (tertiary/aromatic N) is 3. The van der Waals surface area contributed by atoms with Crippen molar-refractivity contribution in [3.63, 3.8) is 0 Å². The highest BCUT2D eigenvalue weighted by molar-refractivity contribution is 5.90. The van der Waals surface area contributed by atoms with Gasteiger partial charge in [0.2, 0.25) is 18.5 Å². The first kappa shape index (κ1) is 23.2. The first-order chi connectivity index (χ1) is 17.4. The molecule has 2 aromatic heterocycles. The van der Waals surface area contributed by atoms with Gasteiger partial charge in [0.25, 0.3) is 11.4 Å². The lowest BCUT2D eigenvalue weighted by Gasteiger charge is -2.13. The second-order valence-corrected chi connectivity index (χ2v) is 8.23. The average molecular weight is 489 g/mol. The van der Waals surface area contributed by atoms with Crippen molar-refractivity contribution in [3.05, 3.63) is 70.1 Å². The predicted octanol–water partition coefficient (Wildman–Crippen LogP) is 3.95. The minimum absolute atomic E-state index is 0.0748. The third-order valence-corrected chi connectivity index (χ3v) is 5.73. The van der Waals surface area contributed by atoms with Gasteiger partial charge in [0.15, 0.2) is 11.5 Å². The molecule has 0 aliphatic carbocycles. The Hall–Kier alpha value is -4.60. The van der Waals surface area contributed by atoms with Gasteiger partial charge in [-0.05, 0) is 74.9 Å². The van der Waals surface area contributed by atoms with Crippen molar-refractivity contribution in [1.29, 1.82) is 0 Å². The fourth-order valence-electron chi connectivity index (χ4n) is 4.01. The summed E-state index contributed by atoms with van der Waals surface area (Å²) in [5.74, 6) is 1.99. The highest BCUT2D eigenvalue weighted by atomic mass is 16.7. The molecule has 0 saturated carbocycles. The molecule has 0 fully saturated rings. The number of nitrogens with one attached hydrogen (secondary N) is 1. The van der Waals surface area contributed by atoms with Gasteiger partial charge < -0.3 is 28.6 Å². The van der Waals surface area contributed by atoms with Gasteiger partial charge in [-0.15, -0.1) is 0 Å². The van der Waals surface area contributed by atoms with Gasteiger partial charge in [-0.3, -0.25) is 9.59 Å². The smallest absolute Gasteiger partial charge is 0.264 e. The average Bonchev–Trinajstić information content (AvgIpc) is 3.52. The molecule has 0 saturated heterocycles. The predicted molar refractivity (Wildman–Crippen MR) is 131 cm³/mol. The molecule has 0 unspecified atom stereocenters. The van der Waals surface area contributed by atoms with E-state index in [0.717, 1.165) is 0 Å². The Morgan fingerprint density at radius 3 is 2.64 bits per heavy atom. The largest absolute Gasteiger partial charge is 0.494 e. The molecule has 1 aliphatic heterocycles. The van der Waals surface area contributed by atoms with Gasteiger partial charge >= 0.3 is 0 Å². The van der Waals surface area contributed by atoms with Crippen molar-refractivity contribution in [2.24, 2.45) is 0 Å². The summed E-state index contributed by atoms with van der Waals surface area (Å²) in [6.07, 6.45) is 0. The lowest BCUT2D eigenvalue weighted by molar-refractivity contribution is -0.116. The van der Waals surface area contributed by atoms with Crippen molar-refractivity contribution in [1.82, 2.24) is 14.7 Å². The third-order valence-electron chi connectivity index (χ3n) is 5.73. The third kappa shape index (κ3) is 4.52.